The van der Waals surface area contributed by atoms with Crippen LogP contribution in [-0.4, -0.2) is 38.5 Å². The molecule has 0 bridgehead atoms. The third-order valence-electron chi connectivity index (χ3n) is 3.24. The highest BCUT2D eigenvalue weighted by Crippen LogP contribution is 2.37. The van der Waals surface area contributed by atoms with Crippen LogP contribution in [0.3, 0.4) is 0 Å². The molecule has 5 heteroatoms. The van der Waals surface area contributed by atoms with E-state index in [2.05, 4.69) is 9.58 Å². The van der Waals surface area contributed by atoms with Crippen LogP contribution in [0.1, 0.15) is 19.3 Å². The lowest BCUT2D eigenvalue weighted by molar-refractivity contribution is -0.136. The number of ether oxygens (including phenoxy) is 3. The first kappa shape index (κ1) is 12.1. The van der Waals surface area contributed by atoms with E-state index in [1.165, 1.54) is 7.11 Å². The number of nitrogens with zero attached hydrogens (tertiary/aromatic N) is 1. The van der Waals surface area contributed by atoms with Gasteiger partial charge in [0.2, 0.25) is 0 Å². The first-order valence-corrected chi connectivity index (χ1v) is 5.60. The van der Waals surface area contributed by atoms with Gasteiger partial charge in [0.25, 0.3) is 5.70 Å². The highest BCUT2D eigenvalue weighted by Gasteiger charge is 2.40. The summed E-state index contributed by atoms with van der Waals surface area (Å²) < 4.78 is 15.7. The van der Waals surface area contributed by atoms with E-state index in [0.29, 0.717) is 32.7 Å². The highest BCUT2D eigenvalue weighted by molar-refractivity contribution is 5.91. The minimum Gasteiger partial charge on any atom is -0.474 e. The summed E-state index contributed by atoms with van der Waals surface area (Å²) in [6, 6.07) is 0. The minimum atomic E-state index is -0.550. The van der Waals surface area contributed by atoms with Crippen LogP contribution < -0.4 is 0 Å². The highest BCUT2D eigenvalue weighted by atomic mass is 16.6. The number of hydrogen-bond donors (Lipinski definition) is 0. The lowest BCUT2D eigenvalue weighted by Crippen LogP contribution is -2.38. The van der Waals surface area contributed by atoms with Gasteiger partial charge in [0.1, 0.15) is 0 Å². The molecule has 17 heavy (non-hydrogen) atoms. The van der Waals surface area contributed by atoms with Crippen LogP contribution in [-0.2, 0) is 19.0 Å². The van der Waals surface area contributed by atoms with Crippen LogP contribution in [0.5, 0.6) is 0 Å². The van der Waals surface area contributed by atoms with Gasteiger partial charge in [0, 0.05) is 19.6 Å². The summed E-state index contributed by atoms with van der Waals surface area (Å²) in [5.74, 6) is -0.550. The molecule has 0 aromatic heterocycles. The standard InChI is InChI=1S/C12H15NO4/c1-13-10(11(14)15-2)9-3-5-17-12(7-9)4-6-16-8-12/h3-8H2,2H3/b10-9+. The maximum atomic E-state index is 11.5. The molecule has 2 heterocycles. The van der Waals surface area contributed by atoms with E-state index < -0.39 is 5.97 Å². The van der Waals surface area contributed by atoms with Gasteiger partial charge in [-0.25, -0.2) is 4.85 Å². The summed E-state index contributed by atoms with van der Waals surface area (Å²) in [6.45, 7) is 8.84. The Morgan fingerprint density at radius 2 is 2.35 bits per heavy atom. The second-order valence-electron chi connectivity index (χ2n) is 4.32. The van der Waals surface area contributed by atoms with Gasteiger partial charge in [-0.05, 0) is 12.8 Å². The Morgan fingerprint density at radius 3 is 2.94 bits per heavy atom. The normalized spacial score (nSPS) is 31.1. The van der Waals surface area contributed by atoms with Crippen LogP contribution in [0, 0.1) is 6.57 Å². The molecule has 2 rings (SSSR count). The van der Waals surface area contributed by atoms with Crippen LogP contribution in [0.15, 0.2) is 11.3 Å². The average molecular weight is 237 g/mol. The molecule has 0 amide bonds. The Balaban J connectivity index is 2.23. The second kappa shape index (κ2) is 4.86. The predicted octanol–water partition coefficient (Wildman–Crippen LogP) is 1.30. The zero-order chi connectivity index (χ0) is 12.3. The van der Waals surface area contributed by atoms with Crippen LogP contribution in [0.2, 0.25) is 0 Å². The monoisotopic (exact) mass is 237 g/mol. The molecule has 2 aliphatic rings. The number of carbonyl (C=O) groups excluding carboxylic acids is 1. The van der Waals surface area contributed by atoms with Crippen molar-refractivity contribution in [2.45, 2.75) is 24.9 Å². The van der Waals surface area contributed by atoms with Crippen molar-refractivity contribution >= 4 is 5.97 Å². The Morgan fingerprint density at radius 1 is 1.53 bits per heavy atom. The topological polar surface area (TPSA) is 49.1 Å². The summed E-state index contributed by atoms with van der Waals surface area (Å²) >= 11 is 0. The predicted molar refractivity (Wildman–Crippen MR) is 59.0 cm³/mol. The zero-order valence-electron chi connectivity index (χ0n) is 9.82. The van der Waals surface area contributed by atoms with E-state index in [9.17, 15) is 4.79 Å². The van der Waals surface area contributed by atoms with Crippen molar-refractivity contribution in [1.82, 2.24) is 0 Å². The summed E-state index contributed by atoms with van der Waals surface area (Å²) in [5, 5.41) is 0. The van der Waals surface area contributed by atoms with E-state index >= 15 is 0 Å². The molecular formula is C12H15NO4. The van der Waals surface area contributed by atoms with Crippen molar-refractivity contribution in [3.8, 4) is 0 Å². The largest absolute Gasteiger partial charge is 0.474 e. The molecule has 2 aliphatic heterocycles. The molecule has 0 aliphatic carbocycles. The molecule has 0 aromatic carbocycles. The molecule has 0 aromatic rings. The number of carbonyl (C=O) groups is 1. The maximum Gasteiger partial charge on any atom is 0.335 e. The molecule has 92 valence electrons. The van der Waals surface area contributed by atoms with Gasteiger partial charge < -0.3 is 14.2 Å². The van der Waals surface area contributed by atoms with Gasteiger partial charge in [0.15, 0.2) is 0 Å². The van der Waals surface area contributed by atoms with E-state index in [1.54, 1.807) is 0 Å². The fraction of sp³-hybridized carbons (Fsp3) is 0.667. The first-order chi connectivity index (χ1) is 8.21. The lowest BCUT2D eigenvalue weighted by atomic mass is 9.88. The molecule has 0 radical (unpaired) electrons. The van der Waals surface area contributed by atoms with Gasteiger partial charge in [-0.3, -0.25) is 4.79 Å². The third-order valence-corrected chi connectivity index (χ3v) is 3.24. The summed E-state index contributed by atoms with van der Waals surface area (Å²) in [4.78, 5) is 14.8. The Labute approximate surface area is 100 Å². The van der Waals surface area contributed by atoms with Gasteiger partial charge in [-0.1, -0.05) is 5.57 Å². The van der Waals surface area contributed by atoms with Crippen LogP contribution >= 0.6 is 0 Å². The van der Waals surface area contributed by atoms with Crippen molar-refractivity contribution in [3.05, 3.63) is 22.7 Å². The van der Waals surface area contributed by atoms with Crippen molar-refractivity contribution in [3.63, 3.8) is 0 Å². The Bertz CT molecular complexity index is 388. The van der Waals surface area contributed by atoms with Crippen LogP contribution in [0.4, 0.5) is 0 Å². The molecule has 1 spiro atoms. The lowest BCUT2D eigenvalue weighted by Gasteiger charge is -2.34. The van der Waals surface area contributed by atoms with Crippen molar-refractivity contribution in [2.24, 2.45) is 0 Å². The number of hydrogen-bond acceptors (Lipinski definition) is 4. The number of methoxy groups -OCH3 is 1. The summed E-state index contributed by atoms with van der Waals surface area (Å²) in [5.41, 5.74) is 0.628. The SMILES string of the molecule is [C-]#[N+]/C(C(=O)OC)=C1\CCOC2(CCOC2)C1. The molecule has 2 saturated heterocycles. The molecule has 0 saturated carbocycles. The molecule has 1 unspecified atom stereocenters. The fourth-order valence-corrected chi connectivity index (χ4v) is 2.33. The van der Waals surface area contributed by atoms with Gasteiger partial charge in [0.05, 0.1) is 25.9 Å². The van der Waals surface area contributed by atoms with Gasteiger partial charge >= 0.3 is 5.97 Å². The summed E-state index contributed by atoms with van der Waals surface area (Å²) in [7, 11) is 1.29. The zero-order valence-corrected chi connectivity index (χ0v) is 9.82. The minimum absolute atomic E-state index is 0.113. The van der Waals surface area contributed by atoms with Gasteiger partial charge in [-0.15, -0.1) is 0 Å². The molecule has 5 nitrogen and oxygen atoms in total. The van der Waals surface area contributed by atoms with Crippen molar-refractivity contribution < 1.29 is 19.0 Å². The van der Waals surface area contributed by atoms with Crippen molar-refractivity contribution in [2.75, 3.05) is 26.9 Å². The van der Waals surface area contributed by atoms with E-state index in [-0.39, 0.29) is 11.3 Å². The first-order valence-electron chi connectivity index (χ1n) is 5.60. The molecule has 2 fully saturated rings. The van der Waals surface area contributed by atoms with Crippen LogP contribution in [0.25, 0.3) is 4.85 Å². The third kappa shape index (κ3) is 2.33. The van der Waals surface area contributed by atoms with Crippen molar-refractivity contribution in [1.29, 1.82) is 0 Å². The number of esters is 1. The second-order valence-corrected chi connectivity index (χ2v) is 4.32. The van der Waals surface area contributed by atoms with E-state index in [4.69, 9.17) is 16.0 Å². The Kier molecular flexibility index (Phi) is 3.46. The smallest absolute Gasteiger partial charge is 0.335 e. The molecule has 0 N–H and O–H groups in total. The van der Waals surface area contributed by atoms with E-state index in [1.807, 2.05) is 0 Å². The maximum absolute atomic E-state index is 11.5. The van der Waals surface area contributed by atoms with E-state index in [0.717, 1.165) is 12.0 Å². The Hall–Kier alpha value is -1.38. The number of rotatable bonds is 1. The molecule has 1 atom stereocenters. The quantitative estimate of drug-likeness (QED) is 0.392. The molecular weight excluding hydrogens is 222 g/mol. The summed E-state index contributed by atoms with van der Waals surface area (Å²) in [6.07, 6.45) is 2.04. The fourth-order valence-electron chi connectivity index (χ4n) is 2.33. The van der Waals surface area contributed by atoms with Gasteiger partial charge in [-0.2, -0.15) is 0 Å². The average Bonchev–Trinajstić information content (AvgIpc) is 2.78.